The first-order chi connectivity index (χ1) is 15.7. The molecule has 0 spiro atoms. The molecule has 0 aromatic heterocycles. The van der Waals surface area contributed by atoms with E-state index in [2.05, 4.69) is 34.9 Å². The number of carbonyl (C=O) groups excluding carboxylic acids is 1. The van der Waals surface area contributed by atoms with E-state index in [4.69, 9.17) is 9.47 Å². The fourth-order valence-electron chi connectivity index (χ4n) is 5.05. The average Bonchev–Trinajstić information content (AvgIpc) is 3.09. The first-order valence-corrected chi connectivity index (χ1v) is 12.4. The van der Waals surface area contributed by atoms with Crippen molar-refractivity contribution < 1.29 is 14.3 Å². The van der Waals surface area contributed by atoms with Gasteiger partial charge in [0.15, 0.2) is 0 Å². The number of carbonyl (C=O) groups is 1. The number of hydrogen-bond donors (Lipinski definition) is 2. The molecule has 2 saturated heterocycles. The van der Waals surface area contributed by atoms with Crippen molar-refractivity contribution in [1.29, 1.82) is 0 Å². The van der Waals surface area contributed by atoms with Gasteiger partial charge in [0.1, 0.15) is 0 Å². The Labute approximate surface area is 194 Å². The Hall–Kier alpha value is -1.63. The third-order valence-corrected chi connectivity index (χ3v) is 6.64. The van der Waals surface area contributed by atoms with Gasteiger partial charge in [-0.1, -0.05) is 43.7 Å². The van der Waals surface area contributed by atoms with Crippen molar-refractivity contribution in [2.45, 2.75) is 57.6 Å². The van der Waals surface area contributed by atoms with Gasteiger partial charge in [0, 0.05) is 44.8 Å². The summed E-state index contributed by atoms with van der Waals surface area (Å²) in [4.78, 5) is 15.2. The quantitative estimate of drug-likeness (QED) is 0.568. The average molecular weight is 445 g/mol. The number of likely N-dealkylation sites (tertiary alicyclic amines) is 1. The standard InChI is InChI=1S/C26H42N3O3/c1-3-15-32-25(22-11-5-4-6-12-22)23-13-9-14-29(19-23)26(30)28-24(18-27-2)17-21-10-7-8-16-31-20-21/h3-6,11-12,21,23-25,27H,7-10,13-20H2,1-2H3,(H,28,30)/t21-,23-,24+,25+/m1/s1. The highest BCUT2D eigenvalue weighted by Gasteiger charge is 2.32. The summed E-state index contributed by atoms with van der Waals surface area (Å²) in [6.45, 7) is 6.64. The van der Waals surface area contributed by atoms with E-state index >= 15 is 0 Å². The lowest BCUT2D eigenvalue weighted by molar-refractivity contribution is -0.000515. The van der Waals surface area contributed by atoms with Crippen LogP contribution >= 0.6 is 0 Å². The molecular formula is C26H42N3O3. The lowest BCUT2D eigenvalue weighted by atomic mass is 9.88. The minimum absolute atomic E-state index is 0.0132. The molecular weight excluding hydrogens is 402 g/mol. The van der Waals surface area contributed by atoms with Crippen molar-refractivity contribution >= 4 is 6.03 Å². The second-order valence-corrected chi connectivity index (χ2v) is 9.30. The molecule has 2 amide bonds. The Kier molecular flexibility index (Phi) is 10.8. The summed E-state index contributed by atoms with van der Waals surface area (Å²) in [6, 6.07) is 10.6. The molecule has 1 aromatic rings. The van der Waals surface area contributed by atoms with Crippen LogP contribution in [0.5, 0.6) is 0 Å². The maximum Gasteiger partial charge on any atom is 0.317 e. The van der Waals surface area contributed by atoms with E-state index in [1.807, 2.05) is 31.4 Å². The second-order valence-electron chi connectivity index (χ2n) is 9.30. The predicted octanol–water partition coefficient (Wildman–Crippen LogP) is 4.18. The van der Waals surface area contributed by atoms with Gasteiger partial charge in [-0.05, 0) is 57.1 Å². The summed E-state index contributed by atoms with van der Waals surface area (Å²) in [5, 5.41) is 6.58. The van der Waals surface area contributed by atoms with Crippen molar-refractivity contribution in [2.24, 2.45) is 11.8 Å². The molecule has 0 aliphatic carbocycles. The number of hydrogen-bond acceptors (Lipinski definition) is 4. The number of amides is 2. The number of ether oxygens (including phenoxy) is 2. The van der Waals surface area contributed by atoms with Gasteiger partial charge < -0.3 is 25.0 Å². The highest BCUT2D eigenvalue weighted by atomic mass is 16.5. The largest absolute Gasteiger partial charge is 0.381 e. The van der Waals surface area contributed by atoms with Crippen molar-refractivity contribution in [2.75, 3.05) is 46.5 Å². The number of rotatable bonds is 10. The van der Waals surface area contributed by atoms with Crippen molar-refractivity contribution in [3.05, 3.63) is 42.3 Å². The zero-order chi connectivity index (χ0) is 22.6. The normalized spacial score (nSPS) is 23.9. The van der Waals surface area contributed by atoms with E-state index in [1.165, 1.54) is 18.4 Å². The van der Waals surface area contributed by atoms with E-state index in [0.29, 0.717) is 18.4 Å². The van der Waals surface area contributed by atoms with E-state index in [1.54, 1.807) is 0 Å². The molecule has 6 nitrogen and oxygen atoms in total. The molecule has 1 aromatic carbocycles. The minimum atomic E-state index is 0.0132. The molecule has 0 unspecified atom stereocenters. The van der Waals surface area contributed by atoms with Gasteiger partial charge in [-0.25, -0.2) is 4.79 Å². The van der Waals surface area contributed by atoms with Gasteiger partial charge in [0.25, 0.3) is 0 Å². The molecule has 6 heteroatoms. The van der Waals surface area contributed by atoms with Crippen molar-refractivity contribution in [1.82, 2.24) is 15.5 Å². The summed E-state index contributed by atoms with van der Waals surface area (Å²) < 4.78 is 12.0. The van der Waals surface area contributed by atoms with Gasteiger partial charge in [0.05, 0.1) is 12.7 Å². The molecule has 1 radical (unpaired) electrons. The molecule has 0 bridgehead atoms. The third kappa shape index (κ3) is 7.75. The lowest BCUT2D eigenvalue weighted by Gasteiger charge is -2.38. The summed E-state index contributed by atoms with van der Waals surface area (Å²) in [5.41, 5.74) is 1.20. The summed E-state index contributed by atoms with van der Waals surface area (Å²) >= 11 is 0. The Balaban J connectivity index is 1.59. The molecule has 2 fully saturated rings. The Bertz CT molecular complexity index is 649. The van der Waals surface area contributed by atoms with E-state index < -0.39 is 0 Å². The van der Waals surface area contributed by atoms with Crippen LogP contribution in [0.1, 0.15) is 57.1 Å². The number of benzene rings is 1. The van der Waals surface area contributed by atoms with Crippen LogP contribution in [0.2, 0.25) is 0 Å². The topological polar surface area (TPSA) is 62.8 Å². The lowest BCUT2D eigenvalue weighted by Crippen LogP contribution is -2.52. The van der Waals surface area contributed by atoms with Gasteiger partial charge in [-0.3, -0.25) is 0 Å². The van der Waals surface area contributed by atoms with Crippen LogP contribution in [-0.4, -0.2) is 63.5 Å². The SMILES string of the molecule is C[CH]CO[C@@H](c1ccccc1)[C@@H]1CCCN(C(=O)N[C@H](CNC)C[C@H]2CCCCOC2)C1. The van der Waals surface area contributed by atoms with Gasteiger partial charge in [0.2, 0.25) is 0 Å². The zero-order valence-electron chi connectivity index (χ0n) is 19.9. The van der Waals surface area contributed by atoms with Crippen molar-refractivity contribution in [3.8, 4) is 0 Å². The maximum absolute atomic E-state index is 13.2. The first kappa shape index (κ1) is 25.0. The molecule has 2 aliphatic heterocycles. The maximum atomic E-state index is 13.2. The number of likely N-dealkylation sites (N-methyl/N-ethyl adjacent to an activating group) is 1. The Morgan fingerprint density at radius 3 is 2.88 bits per heavy atom. The van der Waals surface area contributed by atoms with Crippen LogP contribution in [0.4, 0.5) is 4.79 Å². The van der Waals surface area contributed by atoms with Crippen LogP contribution < -0.4 is 10.6 Å². The first-order valence-electron chi connectivity index (χ1n) is 12.4. The van der Waals surface area contributed by atoms with Crippen LogP contribution in [0.25, 0.3) is 0 Å². The molecule has 2 heterocycles. The van der Waals surface area contributed by atoms with E-state index in [9.17, 15) is 4.79 Å². The predicted molar refractivity (Wildman–Crippen MR) is 128 cm³/mol. The highest BCUT2D eigenvalue weighted by Crippen LogP contribution is 2.33. The molecule has 2 N–H and O–H groups in total. The molecule has 179 valence electrons. The summed E-state index contributed by atoms with van der Waals surface area (Å²) in [7, 11) is 1.95. The van der Waals surface area contributed by atoms with Crippen molar-refractivity contribution in [3.63, 3.8) is 0 Å². The molecule has 2 aliphatic rings. The van der Waals surface area contributed by atoms with Gasteiger partial charge >= 0.3 is 6.03 Å². The number of nitrogens with one attached hydrogen (secondary N) is 2. The van der Waals surface area contributed by atoms with Crippen LogP contribution in [-0.2, 0) is 9.47 Å². The summed E-state index contributed by atoms with van der Waals surface area (Å²) in [5.74, 6) is 0.821. The highest BCUT2D eigenvalue weighted by molar-refractivity contribution is 5.74. The minimum Gasteiger partial charge on any atom is -0.381 e. The Morgan fingerprint density at radius 2 is 2.09 bits per heavy atom. The molecule has 3 rings (SSSR count). The fraction of sp³-hybridized carbons (Fsp3) is 0.692. The fourth-order valence-corrected chi connectivity index (χ4v) is 5.05. The van der Waals surface area contributed by atoms with Crippen LogP contribution in [0, 0.1) is 18.3 Å². The number of nitrogens with zero attached hydrogens (tertiary/aromatic N) is 1. The van der Waals surface area contributed by atoms with Gasteiger partial charge in [-0.15, -0.1) is 0 Å². The van der Waals surface area contributed by atoms with Crippen LogP contribution in [0.3, 0.4) is 0 Å². The molecule has 0 saturated carbocycles. The zero-order valence-corrected chi connectivity index (χ0v) is 19.9. The monoisotopic (exact) mass is 444 g/mol. The third-order valence-electron chi connectivity index (χ3n) is 6.64. The summed E-state index contributed by atoms with van der Waals surface area (Å²) in [6.07, 6.45) is 8.66. The number of urea groups is 1. The van der Waals surface area contributed by atoms with E-state index in [-0.39, 0.29) is 18.2 Å². The molecule has 32 heavy (non-hydrogen) atoms. The van der Waals surface area contributed by atoms with Crippen LogP contribution in [0.15, 0.2) is 30.3 Å². The van der Waals surface area contributed by atoms with Gasteiger partial charge in [-0.2, -0.15) is 0 Å². The number of piperidine rings is 1. The second kappa shape index (κ2) is 13.8. The Morgan fingerprint density at radius 1 is 1.25 bits per heavy atom. The smallest absolute Gasteiger partial charge is 0.317 e. The van der Waals surface area contributed by atoms with E-state index in [0.717, 1.165) is 58.5 Å². The molecule has 4 atom stereocenters.